The van der Waals surface area contributed by atoms with E-state index in [0.29, 0.717) is 12.1 Å². The number of benzene rings is 1. The molecule has 1 amide bonds. The average molecular weight is 720 g/mol. The molecule has 2 aromatic rings. The van der Waals surface area contributed by atoms with Crippen molar-refractivity contribution in [2.75, 3.05) is 27.2 Å². The molecule has 0 bridgehead atoms. The number of aromatic nitrogens is 1. The minimum absolute atomic E-state index is 0.0668. The van der Waals surface area contributed by atoms with Crippen LogP contribution in [0.5, 0.6) is 0 Å². The zero-order valence-corrected chi connectivity index (χ0v) is 28.8. The molecule has 3 atom stereocenters. The summed E-state index contributed by atoms with van der Waals surface area (Å²) in [5.74, 6) is -6.69. The van der Waals surface area contributed by atoms with Gasteiger partial charge in [-0.05, 0) is 99.7 Å². The van der Waals surface area contributed by atoms with Crippen molar-refractivity contribution in [1.29, 1.82) is 0 Å². The molecule has 0 fully saturated rings. The molecule has 1 aliphatic carbocycles. The van der Waals surface area contributed by atoms with Gasteiger partial charge in [0, 0.05) is 18.8 Å². The second-order valence-electron chi connectivity index (χ2n) is 13.0. The number of pyridine rings is 1. The van der Waals surface area contributed by atoms with Crippen LogP contribution in [0.3, 0.4) is 0 Å². The molecule has 7 nitrogen and oxygen atoms in total. The fourth-order valence-electron chi connectivity index (χ4n) is 6.19. The van der Waals surface area contributed by atoms with E-state index in [1.54, 1.807) is 32.8 Å². The van der Waals surface area contributed by atoms with Crippen molar-refractivity contribution >= 4 is 17.4 Å². The zero-order valence-electron chi connectivity index (χ0n) is 28.8. The summed E-state index contributed by atoms with van der Waals surface area (Å²) < 4.78 is 120. The maximum Gasteiger partial charge on any atom is 0.418 e. The molecule has 0 saturated carbocycles. The van der Waals surface area contributed by atoms with Gasteiger partial charge in [0.15, 0.2) is 0 Å². The van der Waals surface area contributed by atoms with Crippen LogP contribution in [0, 0.1) is 31.5 Å². The molecule has 1 aromatic heterocycles. The first kappa shape index (κ1) is 40.4. The van der Waals surface area contributed by atoms with Gasteiger partial charge in [-0.3, -0.25) is 14.4 Å². The van der Waals surface area contributed by atoms with Gasteiger partial charge in [-0.15, -0.1) is 0 Å². The van der Waals surface area contributed by atoms with Crippen molar-refractivity contribution in [3.05, 3.63) is 85.9 Å². The van der Waals surface area contributed by atoms with Gasteiger partial charge < -0.3 is 19.5 Å². The van der Waals surface area contributed by atoms with Gasteiger partial charge in [-0.2, -0.15) is 26.3 Å². The molecule has 1 heterocycles. The van der Waals surface area contributed by atoms with Gasteiger partial charge in [0.25, 0.3) is 5.56 Å². The number of ether oxygens (including phenoxy) is 1. The highest BCUT2D eigenvalue weighted by Gasteiger charge is 2.47. The maximum atomic E-state index is 16.1. The van der Waals surface area contributed by atoms with Crippen molar-refractivity contribution in [3.63, 3.8) is 0 Å². The third-order valence-corrected chi connectivity index (χ3v) is 8.31. The summed E-state index contributed by atoms with van der Waals surface area (Å²) >= 11 is 0. The normalized spacial score (nSPS) is 16.6. The number of nitrogens with one attached hydrogen (secondary N) is 1. The maximum absolute atomic E-state index is 16.1. The third kappa shape index (κ3) is 9.61. The quantitative estimate of drug-likeness (QED) is 0.174. The molecule has 0 radical (unpaired) electrons. The van der Waals surface area contributed by atoms with Crippen molar-refractivity contribution in [1.82, 2.24) is 14.8 Å². The Hall–Kier alpha value is -4.01. The number of rotatable bonds is 13. The lowest BCUT2D eigenvalue weighted by Crippen LogP contribution is -2.47. The lowest BCUT2D eigenvalue weighted by molar-refractivity contribution is -0.144. The van der Waals surface area contributed by atoms with Crippen molar-refractivity contribution in [2.24, 2.45) is 11.8 Å². The smallest absolute Gasteiger partial charge is 0.418 e. The number of nitrogens with zero attached hydrogens (tertiary/aromatic N) is 2. The monoisotopic (exact) mass is 719 g/mol. The Labute approximate surface area is 285 Å². The summed E-state index contributed by atoms with van der Waals surface area (Å²) in [6.45, 7) is 7.65. The summed E-state index contributed by atoms with van der Waals surface area (Å²) in [6, 6.07) is -0.759. The number of alkyl halides is 6. The third-order valence-electron chi connectivity index (χ3n) is 8.31. The average Bonchev–Trinajstić information content (AvgIpc) is 3.30. The summed E-state index contributed by atoms with van der Waals surface area (Å²) in [6.07, 6.45) is -9.66. The molecule has 0 aliphatic heterocycles. The van der Waals surface area contributed by atoms with Crippen molar-refractivity contribution in [2.45, 2.75) is 78.3 Å². The molecule has 0 spiro atoms. The Morgan fingerprint density at radius 3 is 2.10 bits per heavy atom. The Morgan fingerprint density at radius 1 is 1.00 bits per heavy atom. The first-order valence-electron chi connectivity index (χ1n) is 15.9. The molecular formula is C35H41F8N3O4. The van der Waals surface area contributed by atoms with Gasteiger partial charge in [0.05, 0.1) is 36.1 Å². The van der Waals surface area contributed by atoms with E-state index in [4.69, 9.17) is 4.74 Å². The molecule has 50 heavy (non-hydrogen) atoms. The van der Waals surface area contributed by atoms with Gasteiger partial charge in [0.1, 0.15) is 17.7 Å². The topological polar surface area (TPSA) is 80.6 Å². The van der Waals surface area contributed by atoms with Crippen LogP contribution < -0.4 is 10.9 Å². The van der Waals surface area contributed by atoms with Crippen LogP contribution in [-0.4, -0.2) is 60.8 Å². The van der Waals surface area contributed by atoms with E-state index in [9.17, 15) is 45.1 Å². The van der Waals surface area contributed by atoms with Crippen molar-refractivity contribution in [3.8, 4) is 0 Å². The number of halogens is 8. The molecule has 1 aromatic carbocycles. The van der Waals surface area contributed by atoms with Gasteiger partial charge in [-0.25, -0.2) is 8.78 Å². The lowest BCUT2D eigenvalue weighted by atomic mass is 9.83. The number of amides is 1. The Kier molecular flexibility index (Phi) is 12.9. The number of hydrogen-bond donors (Lipinski definition) is 1. The van der Waals surface area contributed by atoms with Crippen LogP contribution in [0.25, 0.3) is 5.57 Å². The summed E-state index contributed by atoms with van der Waals surface area (Å²) in [5, 5.41) is 2.46. The van der Waals surface area contributed by atoms with E-state index in [1.807, 2.05) is 0 Å². The van der Waals surface area contributed by atoms with Gasteiger partial charge in [0.2, 0.25) is 5.91 Å². The van der Waals surface area contributed by atoms with Gasteiger partial charge in [-0.1, -0.05) is 13.8 Å². The van der Waals surface area contributed by atoms with Crippen LogP contribution in [-0.2, 0) is 26.9 Å². The number of carbonyl (C=O) groups excluding carboxylic acids is 2. The molecule has 15 heteroatoms. The number of allylic oxidation sites excluding steroid dienone is 2. The fourth-order valence-corrected chi connectivity index (χ4v) is 6.19. The van der Waals surface area contributed by atoms with E-state index >= 15 is 4.39 Å². The van der Waals surface area contributed by atoms with Crippen LogP contribution in [0.4, 0.5) is 35.1 Å². The Bertz CT molecular complexity index is 1680. The second kappa shape index (κ2) is 15.9. The number of hydrogen-bond acceptors (Lipinski definition) is 5. The van der Waals surface area contributed by atoms with E-state index in [1.165, 1.54) is 20.8 Å². The predicted octanol–water partition coefficient (Wildman–Crippen LogP) is 7.25. The first-order chi connectivity index (χ1) is 23.1. The summed E-state index contributed by atoms with van der Waals surface area (Å²) in [4.78, 5) is 41.8. The van der Waals surface area contributed by atoms with Crippen LogP contribution in [0.15, 0.2) is 46.7 Å². The van der Waals surface area contributed by atoms with E-state index in [0.717, 1.165) is 22.9 Å². The minimum atomic E-state index is -5.19. The van der Waals surface area contributed by atoms with Crippen molar-refractivity contribution < 1.29 is 49.4 Å². The molecule has 276 valence electrons. The standard InChI is InChI=1S/C35H41F8N3O4/c1-8-50-29(48)16-26(31-23(14-25(32(31)37)35(41,42)43)30-19(4)12-22(36)13-20(30)5)44-33(49)27(11-18(2)3)46-17-21(9-10-45(6)7)24(15-28(46)47)34(38,39)40/h12-15,17-18,26-27,31H,8-11,16H2,1-7H3,(H,44,49)/t26-,27?,31?/m0/s1. The second-order valence-corrected chi connectivity index (χ2v) is 13.0. The molecule has 1 N–H and O–H groups in total. The van der Waals surface area contributed by atoms with Gasteiger partial charge >= 0.3 is 18.3 Å². The molecule has 2 unspecified atom stereocenters. The SMILES string of the molecule is CCOC(=O)C[C@H](NC(=O)C(CC(C)C)n1cc(CCN(C)C)c(C(F)(F)F)cc1=O)C1C(c2c(C)cc(F)cc2C)=CC(C(F)(F)F)=C1F. The van der Waals surface area contributed by atoms with Crippen LogP contribution in [0.1, 0.15) is 67.5 Å². The first-order valence-corrected chi connectivity index (χ1v) is 15.9. The number of aryl methyl sites for hydroxylation is 2. The van der Waals surface area contributed by atoms with E-state index in [2.05, 4.69) is 5.32 Å². The molecule has 0 saturated heterocycles. The molecule has 3 rings (SSSR count). The largest absolute Gasteiger partial charge is 0.466 e. The highest BCUT2D eigenvalue weighted by molar-refractivity contribution is 5.85. The van der Waals surface area contributed by atoms with Crippen LogP contribution in [0.2, 0.25) is 0 Å². The number of esters is 1. The fraction of sp³-hybridized carbons (Fsp3) is 0.514. The zero-order chi connectivity index (χ0) is 37.9. The van der Waals surface area contributed by atoms with Crippen LogP contribution >= 0.6 is 0 Å². The highest BCUT2D eigenvalue weighted by atomic mass is 19.4. The number of likely N-dealkylation sites (N-methyl/N-ethyl adjacent to an activating group) is 1. The highest BCUT2D eigenvalue weighted by Crippen LogP contribution is 2.48. The van der Waals surface area contributed by atoms with E-state index < -0.39 is 77.0 Å². The Morgan fingerprint density at radius 2 is 1.60 bits per heavy atom. The minimum Gasteiger partial charge on any atom is -0.466 e. The lowest BCUT2D eigenvalue weighted by Gasteiger charge is -2.31. The Balaban J connectivity index is 2.23. The molecule has 1 aliphatic rings. The summed E-state index contributed by atoms with van der Waals surface area (Å²) in [7, 11) is 3.28. The predicted molar refractivity (Wildman–Crippen MR) is 171 cm³/mol. The summed E-state index contributed by atoms with van der Waals surface area (Å²) in [5.41, 5.74) is -4.17. The number of carbonyl (C=O) groups is 2. The molecular weight excluding hydrogens is 678 g/mol. The van der Waals surface area contributed by atoms with E-state index in [-0.39, 0.29) is 59.7 Å².